The first-order valence-electron chi connectivity index (χ1n) is 5.73. The van der Waals surface area contributed by atoms with Crippen molar-refractivity contribution in [1.29, 1.82) is 0 Å². The molecule has 0 aromatic heterocycles. The van der Waals surface area contributed by atoms with E-state index in [-0.39, 0.29) is 18.4 Å². The van der Waals surface area contributed by atoms with Crippen molar-refractivity contribution in [3.05, 3.63) is 17.7 Å². The number of rotatable bonds is 6. The average Bonchev–Trinajstić information content (AvgIpc) is 2.37. The summed E-state index contributed by atoms with van der Waals surface area (Å²) in [5, 5.41) is 0. The Morgan fingerprint density at radius 2 is 1.50 bits per heavy atom. The van der Waals surface area contributed by atoms with Crippen LogP contribution in [0, 0.1) is 0 Å². The standard InChI is InChI=1S/C13H21NO3.ClH/c1-5-6-10(14)9-7-12(16-3)13(17-4)8-11(9)15-2;/h7-8,10H,5-6,14H2,1-4H3;1H/t10-;/m1./s1. The van der Waals surface area contributed by atoms with Crippen LogP contribution in [0.15, 0.2) is 12.1 Å². The molecule has 0 aliphatic carbocycles. The molecule has 0 aliphatic rings. The van der Waals surface area contributed by atoms with Crippen LogP contribution in [0.25, 0.3) is 0 Å². The van der Waals surface area contributed by atoms with Gasteiger partial charge >= 0.3 is 0 Å². The molecular formula is C13H22ClNO3. The second kappa shape index (κ2) is 8.06. The number of halogens is 1. The first-order chi connectivity index (χ1) is 8.17. The van der Waals surface area contributed by atoms with Gasteiger partial charge in [0.05, 0.1) is 21.3 Å². The van der Waals surface area contributed by atoms with E-state index in [1.165, 1.54) is 0 Å². The third-order valence-corrected chi connectivity index (χ3v) is 2.74. The lowest BCUT2D eigenvalue weighted by Gasteiger charge is -2.18. The molecule has 1 rings (SSSR count). The number of ether oxygens (including phenoxy) is 3. The second-order valence-corrected chi connectivity index (χ2v) is 3.84. The van der Waals surface area contributed by atoms with Gasteiger partial charge < -0.3 is 19.9 Å². The van der Waals surface area contributed by atoms with Gasteiger partial charge in [-0.15, -0.1) is 12.4 Å². The number of benzene rings is 1. The van der Waals surface area contributed by atoms with Crippen molar-refractivity contribution >= 4 is 12.4 Å². The molecule has 0 unspecified atom stereocenters. The van der Waals surface area contributed by atoms with E-state index in [0.29, 0.717) is 11.5 Å². The summed E-state index contributed by atoms with van der Waals surface area (Å²) in [5.41, 5.74) is 7.07. The van der Waals surface area contributed by atoms with Crippen molar-refractivity contribution < 1.29 is 14.2 Å². The summed E-state index contributed by atoms with van der Waals surface area (Å²) in [6, 6.07) is 3.65. The highest BCUT2D eigenvalue weighted by molar-refractivity contribution is 5.85. The molecule has 0 fully saturated rings. The van der Waals surface area contributed by atoms with Gasteiger partial charge in [-0.3, -0.25) is 0 Å². The predicted octanol–water partition coefficient (Wildman–Crippen LogP) is 2.93. The first kappa shape index (κ1) is 16.9. The minimum Gasteiger partial charge on any atom is -0.496 e. The van der Waals surface area contributed by atoms with Gasteiger partial charge in [-0.1, -0.05) is 13.3 Å². The molecule has 0 spiro atoms. The normalized spacial score (nSPS) is 11.4. The molecule has 18 heavy (non-hydrogen) atoms. The van der Waals surface area contributed by atoms with Crippen LogP contribution in [0.1, 0.15) is 31.4 Å². The van der Waals surface area contributed by atoms with Crippen LogP contribution >= 0.6 is 12.4 Å². The molecular weight excluding hydrogens is 254 g/mol. The topological polar surface area (TPSA) is 53.7 Å². The van der Waals surface area contributed by atoms with Gasteiger partial charge in [0, 0.05) is 17.7 Å². The Balaban J connectivity index is 0.00000289. The molecule has 0 saturated carbocycles. The van der Waals surface area contributed by atoms with Crippen LogP contribution in [0.4, 0.5) is 0 Å². The molecule has 4 nitrogen and oxygen atoms in total. The smallest absolute Gasteiger partial charge is 0.164 e. The highest BCUT2D eigenvalue weighted by atomic mass is 35.5. The first-order valence-corrected chi connectivity index (χ1v) is 5.73. The minimum atomic E-state index is -0.0465. The Hall–Kier alpha value is -1.13. The van der Waals surface area contributed by atoms with Crippen molar-refractivity contribution in [1.82, 2.24) is 0 Å². The van der Waals surface area contributed by atoms with Gasteiger partial charge in [-0.2, -0.15) is 0 Å². The Kier molecular flexibility index (Phi) is 7.55. The molecule has 0 saturated heterocycles. The lowest BCUT2D eigenvalue weighted by molar-refractivity contribution is 0.346. The molecule has 1 atom stereocenters. The molecule has 104 valence electrons. The van der Waals surface area contributed by atoms with E-state index in [1.807, 2.05) is 12.1 Å². The van der Waals surface area contributed by atoms with E-state index in [0.717, 1.165) is 24.2 Å². The zero-order valence-electron chi connectivity index (χ0n) is 11.4. The van der Waals surface area contributed by atoms with E-state index in [4.69, 9.17) is 19.9 Å². The lowest BCUT2D eigenvalue weighted by atomic mass is 10.0. The third-order valence-electron chi connectivity index (χ3n) is 2.74. The summed E-state index contributed by atoms with van der Waals surface area (Å²) < 4.78 is 15.8. The van der Waals surface area contributed by atoms with Crippen LogP contribution < -0.4 is 19.9 Å². The molecule has 0 heterocycles. The third kappa shape index (κ3) is 3.68. The minimum absolute atomic E-state index is 0. The monoisotopic (exact) mass is 275 g/mol. The van der Waals surface area contributed by atoms with Crippen molar-refractivity contribution in [2.75, 3.05) is 21.3 Å². The van der Waals surface area contributed by atoms with Crippen molar-refractivity contribution in [2.24, 2.45) is 5.73 Å². The van der Waals surface area contributed by atoms with Gasteiger partial charge in [-0.05, 0) is 12.5 Å². The summed E-state index contributed by atoms with van der Waals surface area (Å²) in [5.74, 6) is 2.07. The Morgan fingerprint density at radius 3 is 1.94 bits per heavy atom. The fourth-order valence-corrected chi connectivity index (χ4v) is 1.81. The Bertz CT molecular complexity index is 371. The van der Waals surface area contributed by atoms with E-state index in [9.17, 15) is 0 Å². The van der Waals surface area contributed by atoms with E-state index >= 15 is 0 Å². The summed E-state index contributed by atoms with van der Waals surface area (Å²) in [4.78, 5) is 0. The molecule has 0 amide bonds. The number of methoxy groups -OCH3 is 3. The van der Waals surface area contributed by atoms with Crippen molar-refractivity contribution in [3.63, 3.8) is 0 Å². The zero-order valence-corrected chi connectivity index (χ0v) is 12.2. The van der Waals surface area contributed by atoms with Gasteiger partial charge in [-0.25, -0.2) is 0 Å². The van der Waals surface area contributed by atoms with Crippen LogP contribution in [0.3, 0.4) is 0 Å². The van der Waals surface area contributed by atoms with Gasteiger partial charge in [0.15, 0.2) is 11.5 Å². The predicted molar refractivity (Wildman–Crippen MR) is 75.2 cm³/mol. The molecule has 0 bridgehead atoms. The maximum absolute atomic E-state index is 6.12. The van der Waals surface area contributed by atoms with Crippen LogP contribution in [0.5, 0.6) is 17.2 Å². The van der Waals surface area contributed by atoms with Gasteiger partial charge in [0.2, 0.25) is 0 Å². The summed E-state index contributed by atoms with van der Waals surface area (Å²) >= 11 is 0. The maximum atomic E-state index is 6.12. The van der Waals surface area contributed by atoms with Gasteiger partial charge in [0.25, 0.3) is 0 Å². The quantitative estimate of drug-likeness (QED) is 0.867. The maximum Gasteiger partial charge on any atom is 0.164 e. The summed E-state index contributed by atoms with van der Waals surface area (Å²) in [6.45, 7) is 2.10. The van der Waals surface area contributed by atoms with Crippen LogP contribution in [-0.4, -0.2) is 21.3 Å². The van der Waals surface area contributed by atoms with E-state index in [1.54, 1.807) is 21.3 Å². The summed E-state index contributed by atoms with van der Waals surface area (Å²) in [6.07, 6.45) is 1.94. The molecule has 0 radical (unpaired) electrons. The fourth-order valence-electron chi connectivity index (χ4n) is 1.81. The van der Waals surface area contributed by atoms with Gasteiger partial charge in [0.1, 0.15) is 5.75 Å². The molecule has 2 N–H and O–H groups in total. The lowest BCUT2D eigenvalue weighted by Crippen LogP contribution is -2.11. The second-order valence-electron chi connectivity index (χ2n) is 3.84. The molecule has 1 aromatic rings. The highest BCUT2D eigenvalue weighted by Gasteiger charge is 2.16. The molecule has 0 aliphatic heterocycles. The average molecular weight is 276 g/mol. The largest absolute Gasteiger partial charge is 0.496 e. The highest BCUT2D eigenvalue weighted by Crippen LogP contribution is 2.37. The zero-order chi connectivity index (χ0) is 12.8. The van der Waals surface area contributed by atoms with Crippen molar-refractivity contribution in [3.8, 4) is 17.2 Å². The fraction of sp³-hybridized carbons (Fsp3) is 0.538. The molecule has 5 heteroatoms. The van der Waals surface area contributed by atoms with E-state index in [2.05, 4.69) is 6.92 Å². The Morgan fingerprint density at radius 1 is 1.00 bits per heavy atom. The SMILES string of the molecule is CCC[C@@H](N)c1cc(OC)c(OC)cc1OC.Cl. The molecule has 1 aromatic carbocycles. The number of hydrogen-bond donors (Lipinski definition) is 1. The number of hydrogen-bond acceptors (Lipinski definition) is 4. The van der Waals surface area contributed by atoms with Crippen molar-refractivity contribution in [2.45, 2.75) is 25.8 Å². The summed E-state index contributed by atoms with van der Waals surface area (Å²) in [7, 11) is 4.84. The van der Waals surface area contributed by atoms with E-state index < -0.39 is 0 Å². The van der Waals surface area contributed by atoms with Crippen LogP contribution in [0.2, 0.25) is 0 Å². The number of nitrogens with two attached hydrogens (primary N) is 1. The van der Waals surface area contributed by atoms with Crippen LogP contribution in [-0.2, 0) is 0 Å². The Labute approximate surface area is 115 Å².